The van der Waals surface area contributed by atoms with Crippen LogP contribution in [-0.2, 0) is 6.42 Å². The van der Waals surface area contributed by atoms with Crippen LogP contribution in [0.25, 0.3) is 0 Å². The molecule has 0 atom stereocenters. The van der Waals surface area contributed by atoms with E-state index in [1.807, 2.05) is 0 Å². The summed E-state index contributed by atoms with van der Waals surface area (Å²) in [5.74, 6) is -1.16. The molecule has 1 rings (SSSR count). The summed E-state index contributed by atoms with van der Waals surface area (Å²) in [6.45, 7) is 0. The average Bonchev–Trinajstić information content (AvgIpc) is 2.10. The highest BCUT2D eigenvalue weighted by molar-refractivity contribution is 6.29. The third-order valence-electron chi connectivity index (χ3n) is 1.50. The summed E-state index contributed by atoms with van der Waals surface area (Å²) in [5.41, 5.74) is -1.18. The first-order valence-electron chi connectivity index (χ1n) is 3.56. The average molecular weight is 221 g/mol. The summed E-state index contributed by atoms with van der Waals surface area (Å²) in [5, 5.41) is 8.05. The minimum atomic E-state index is -3.04. The van der Waals surface area contributed by atoms with Gasteiger partial charge >= 0.3 is 0 Å². The number of pyridine rings is 1. The fourth-order valence-electron chi connectivity index (χ4n) is 0.926. The van der Waals surface area contributed by atoms with E-state index in [4.69, 9.17) is 16.9 Å². The summed E-state index contributed by atoms with van der Waals surface area (Å²) in [4.78, 5) is 3.15. The Hall–Kier alpha value is -1.28. The van der Waals surface area contributed by atoms with Crippen LogP contribution in [0.5, 0.6) is 0 Å². The third-order valence-corrected chi connectivity index (χ3v) is 1.70. The number of hydrogen-bond acceptors (Lipinski definition) is 2. The fraction of sp³-hybridized carbons (Fsp3) is 0.250. The Balaban J connectivity index is 3.26. The zero-order valence-corrected chi connectivity index (χ0v) is 7.52. The van der Waals surface area contributed by atoms with Gasteiger partial charge in [0, 0.05) is 5.56 Å². The van der Waals surface area contributed by atoms with E-state index in [1.54, 1.807) is 6.07 Å². The lowest BCUT2D eigenvalue weighted by molar-refractivity contribution is 0.140. The number of rotatable bonds is 2. The highest BCUT2D eigenvalue weighted by Gasteiger charge is 2.19. The summed E-state index contributed by atoms with van der Waals surface area (Å²) in [7, 11) is 0. The number of nitriles is 1. The Labute approximate surface area is 82.9 Å². The highest BCUT2D eigenvalue weighted by Crippen LogP contribution is 2.24. The topological polar surface area (TPSA) is 36.7 Å². The van der Waals surface area contributed by atoms with Crippen molar-refractivity contribution in [1.82, 2.24) is 4.98 Å². The summed E-state index contributed by atoms with van der Waals surface area (Å²) in [6, 6.07) is 2.71. The molecular weight excluding hydrogens is 217 g/mol. The van der Waals surface area contributed by atoms with Crippen molar-refractivity contribution in [2.45, 2.75) is 12.8 Å². The van der Waals surface area contributed by atoms with Gasteiger partial charge in [0.25, 0.3) is 6.43 Å². The standard InChI is InChI=1S/C8H4ClF3N2/c9-5-3-4(1-2-13)6(10)7(14-5)8(11)12/h3,8H,1H2. The molecule has 0 N–H and O–H groups in total. The predicted molar refractivity (Wildman–Crippen MR) is 43.5 cm³/mol. The Morgan fingerprint density at radius 3 is 2.71 bits per heavy atom. The monoisotopic (exact) mass is 220 g/mol. The second kappa shape index (κ2) is 4.29. The molecule has 0 fully saturated rings. The van der Waals surface area contributed by atoms with Crippen LogP contribution in [0.2, 0.25) is 5.15 Å². The van der Waals surface area contributed by atoms with Gasteiger partial charge < -0.3 is 0 Å². The van der Waals surface area contributed by atoms with E-state index in [0.717, 1.165) is 6.07 Å². The minimum Gasteiger partial charge on any atom is -0.232 e. The first-order chi connectivity index (χ1) is 6.56. The molecule has 0 aliphatic rings. The van der Waals surface area contributed by atoms with Gasteiger partial charge in [-0.1, -0.05) is 11.6 Å². The van der Waals surface area contributed by atoms with E-state index in [0.29, 0.717) is 0 Å². The van der Waals surface area contributed by atoms with E-state index in [1.165, 1.54) is 0 Å². The van der Waals surface area contributed by atoms with Gasteiger partial charge in [0.15, 0.2) is 5.82 Å². The van der Waals surface area contributed by atoms with Gasteiger partial charge in [-0.25, -0.2) is 18.2 Å². The molecule has 0 spiro atoms. The van der Waals surface area contributed by atoms with Crippen LogP contribution in [0.1, 0.15) is 17.7 Å². The lowest BCUT2D eigenvalue weighted by Gasteiger charge is -2.04. The molecule has 1 heterocycles. The van der Waals surface area contributed by atoms with Crippen LogP contribution in [0.3, 0.4) is 0 Å². The lowest BCUT2D eigenvalue weighted by atomic mass is 10.1. The van der Waals surface area contributed by atoms with Crippen LogP contribution in [0, 0.1) is 17.1 Å². The van der Waals surface area contributed by atoms with Crippen LogP contribution in [-0.4, -0.2) is 4.98 Å². The van der Waals surface area contributed by atoms with E-state index in [2.05, 4.69) is 4.98 Å². The zero-order valence-electron chi connectivity index (χ0n) is 6.77. The quantitative estimate of drug-likeness (QED) is 0.719. The summed E-state index contributed by atoms with van der Waals surface area (Å²) < 4.78 is 37.5. The Morgan fingerprint density at radius 1 is 1.57 bits per heavy atom. The first kappa shape index (κ1) is 10.8. The number of aromatic nitrogens is 1. The lowest BCUT2D eigenvalue weighted by Crippen LogP contribution is -2.01. The maximum atomic E-state index is 13.1. The maximum absolute atomic E-state index is 13.1. The number of nitrogens with zero attached hydrogens (tertiary/aromatic N) is 2. The van der Waals surface area contributed by atoms with Gasteiger partial charge in [0.1, 0.15) is 10.8 Å². The van der Waals surface area contributed by atoms with Crippen molar-refractivity contribution in [3.05, 3.63) is 28.3 Å². The molecule has 0 saturated carbocycles. The molecule has 0 radical (unpaired) electrons. The molecule has 0 saturated heterocycles. The number of halogens is 4. The van der Waals surface area contributed by atoms with Gasteiger partial charge in [-0.3, -0.25) is 0 Å². The minimum absolute atomic E-state index is 0.164. The highest BCUT2D eigenvalue weighted by atomic mass is 35.5. The molecule has 0 aliphatic heterocycles. The van der Waals surface area contributed by atoms with Crippen molar-refractivity contribution >= 4 is 11.6 Å². The molecule has 0 amide bonds. The summed E-state index contributed by atoms with van der Waals surface area (Å²) in [6.07, 6.45) is -3.35. The fourth-order valence-corrected chi connectivity index (χ4v) is 1.15. The molecular formula is C8H4ClF3N2. The Kier molecular flexibility index (Phi) is 3.31. The molecule has 0 aliphatic carbocycles. The number of alkyl halides is 2. The number of hydrogen-bond donors (Lipinski definition) is 0. The molecule has 2 nitrogen and oxygen atoms in total. The zero-order chi connectivity index (χ0) is 10.7. The van der Waals surface area contributed by atoms with E-state index < -0.39 is 17.9 Å². The maximum Gasteiger partial charge on any atom is 0.283 e. The first-order valence-corrected chi connectivity index (χ1v) is 3.94. The molecule has 14 heavy (non-hydrogen) atoms. The van der Waals surface area contributed by atoms with Crippen LogP contribution >= 0.6 is 11.6 Å². The van der Waals surface area contributed by atoms with Crippen molar-refractivity contribution in [2.75, 3.05) is 0 Å². The summed E-state index contributed by atoms with van der Waals surface area (Å²) >= 11 is 5.38. The SMILES string of the molecule is N#CCc1cc(Cl)nc(C(F)F)c1F. The molecule has 1 aromatic heterocycles. The normalized spacial score (nSPS) is 10.3. The Morgan fingerprint density at radius 2 is 2.21 bits per heavy atom. The van der Waals surface area contributed by atoms with Gasteiger partial charge in [0.05, 0.1) is 12.5 Å². The smallest absolute Gasteiger partial charge is 0.232 e. The third kappa shape index (κ3) is 2.15. The molecule has 1 aromatic rings. The van der Waals surface area contributed by atoms with Gasteiger partial charge in [-0.15, -0.1) is 0 Å². The molecule has 6 heteroatoms. The van der Waals surface area contributed by atoms with Crippen LogP contribution < -0.4 is 0 Å². The van der Waals surface area contributed by atoms with Crippen LogP contribution in [0.15, 0.2) is 6.07 Å². The van der Waals surface area contributed by atoms with Crippen molar-refractivity contribution in [1.29, 1.82) is 5.26 Å². The molecule has 0 aromatic carbocycles. The van der Waals surface area contributed by atoms with Crippen LogP contribution in [0.4, 0.5) is 13.2 Å². The van der Waals surface area contributed by atoms with Crippen molar-refractivity contribution in [2.24, 2.45) is 0 Å². The second-order valence-electron chi connectivity index (χ2n) is 2.44. The van der Waals surface area contributed by atoms with Crippen molar-refractivity contribution < 1.29 is 13.2 Å². The largest absolute Gasteiger partial charge is 0.283 e. The van der Waals surface area contributed by atoms with E-state index >= 15 is 0 Å². The van der Waals surface area contributed by atoms with Gasteiger partial charge in [-0.05, 0) is 6.07 Å². The van der Waals surface area contributed by atoms with Crippen molar-refractivity contribution in [3.63, 3.8) is 0 Å². The van der Waals surface area contributed by atoms with E-state index in [9.17, 15) is 13.2 Å². The molecule has 0 unspecified atom stereocenters. The van der Waals surface area contributed by atoms with Gasteiger partial charge in [-0.2, -0.15) is 5.26 Å². The van der Waals surface area contributed by atoms with E-state index in [-0.39, 0.29) is 17.1 Å². The van der Waals surface area contributed by atoms with Crippen molar-refractivity contribution in [3.8, 4) is 6.07 Å². The second-order valence-corrected chi connectivity index (χ2v) is 2.83. The van der Waals surface area contributed by atoms with Gasteiger partial charge in [0.2, 0.25) is 0 Å². The Bertz CT molecular complexity index is 387. The molecule has 74 valence electrons. The molecule has 0 bridgehead atoms. The predicted octanol–water partition coefficient (Wildman–Crippen LogP) is 2.88.